The normalized spacial score (nSPS) is 14.5. The van der Waals surface area contributed by atoms with Crippen LogP contribution in [0.3, 0.4) is 0 Å². The maximum absolute atomic E-state index is 4.82. The van der Waals surface area contributed by atoms with Crippen molar-refractivity contribution in [3.05, 3.63) is 29.1 Å². The van der Waals surface area contributed by atoms with Crippen molar-refractivity contribution in [2.75, 3.05) is 20.1 Å². The quantitative estimate of drug-likeness (QED) is 0.290. The zero-order valence-electron chi connectivity index (χ0n) is 16.4. The molecule has 0 amide bonds. The molecule has 0 atom stereocenters. The minimum atomic E-state index is 0. The first kappa shape index (κ1) is 22.0. The highest BCUT2D eigenvalue weighted by Gasteiger charge is 2.15. The van der Waals surface area contributed by atoms with Gasteiger partial charge in [0.25, 0.3) is 0 Å². The Hall–Kier alpha value is -1.05. The molecular weight excluding hydrogens is 425 g/mol. The van der Waals surface area contributed by atoms with E-state index >= 15 is 0 Å². The molecule has 1 aromatic rings. The number of aryl methyl sites for hydroxylation is 1. The number of guanidine groups is 1. The summed E-state index contributed by atoms with van der Waals surface area (Å²) in [5.74, 6) is 1.41. The van der Waals surface area contributed by atoms with E-state index in [1.807, 2.05) is 11.7 Å². The summed E-state index contributed by atoms with van der Waals surface area (Å²) in [6.07, 6.45) is 9.42. The van der Waals surface area contributed by atoms with E-state index in [1.54, 1.807) is 5.57 Å². The second-order valence-corrected chi connectivity index (χ2v) is 6.96. The van der Waals surface area contributed by atoms with Crippen molar-refractivity contribution in [1.29, 1.82) is 0 Å². The topological polar surface area (TPSA) is 45.5 Å². The zero-order valence-corrected chi connectivity index (χ0v) is 18.7. The van der Waals surface area contributed by atoms with E-state index in [2.05, 4.69) is 55.4 Å². The molecule has 1 aliphatic carbocycles. The van der Waals surface area contributed by atoms with Gasteiger partial charge >= 0.3 is 0 Å². The molecule has 1 N–H and O–H groups in total. The number of halogens is 1. The minimum Gasteiger partial charge on any atom is -0.357 e. The average Bonchev–Trinajstić information content (AvgIpc) is 3.16. The van der Waals surface area contributed by atoms with Crippen molar-refractivity contribution in [2.45, 2.75) is 58.9 Å². The molecule has 25 heavy (non-hydrogen) atoms. The van der Waals surface area contributed by atoms with Gasteiger partial charge in [-0.3, -0.25) is 9.67 Å². The summed E-state index contributed by atoms with van der Waals surface area (Å²) in [7, 11) is 4.09. The van der Waals surface area contributed by atoms with Crippen molar-refractivity contribution >= 4 is 29.9 Å². The minimum absolute atomic E-state index is 0. The lowest BCUT2D eigenvalue weighted by atomic mass is 10.1. The van der Waals surface area contributed by atoms with Gasteiger partial charge in [-0.25, -0.2) is 0 Å². The number of aliphatic imine (C=N–C) groups is 1. The van der Waals surface area contributed by atoms with E-state index in [9.17, 15) is 0 Å². The predicted molar refractivity (Wildman–Crippen MR) is 117 cm³/mol. The molecule has 1 aliphatic rings. The maximum atomic E-state index is 4.82. The Kier molecular flexibility index (Phi) is 9.53. The van der Waals surface area contributed by atoms with Gasteiger partial charge in [0.2, 0.25) is 0 Å². The molecule has 0 radical (unpaired) electrons. The molecule has 0 aliphatic heterocycles. The number of nitrogens with one attached hydrogen (secondary N) is 1. The molecule has 0 bridgehead atoms. The van der Waals surface area contributed by atoms with E-state index in [0.717, 1.165) is 32.0 Å². The number of aromatic nitrogens is 2. The molecule has 0 fully saturated rings. The highest BCUT2D eigenvalue weighted by Crippen LogP contribution is 2.21. The molecular formula is C19H34IN5. The van der Waals surface area contributed by atoms with Crippen molar-refractivity contribution in [2.24, 2.45) is 12.0 Å². The first-order chi connectivity index (χ1) is 11.5. The van der Waals surface area contributed by atoms with Gasteiger partial charge in [-0.1, -0.05) is 25.5 Å². The molecule has 6 heteroatoms. The van der Waals surface area contributed by atoms with Crippen LogP contribution in [0.2, 0.25) is 0 Å². The summed E-state index contributed by atoms with van der Waals surface area (Å²) in [5, 5.41) is 8.02. The summed E-state index contributed by atoms with van der Waals surface area (Å²) in [4.78, 5) is 7.02. The van der Waals surface area contributed by atoms with Crippen LogP contribution in [0.25, 0.3) is 0 Å². The van der Waals surface area contributed by atoms with Gasteiger partial charge in [-0.15, -0.1) is 24.0 Å². The molecule has 0 spiro atoms. The van der Waals surface area contributed by atoms with E-state index in [0.29, 0.717) is 5.92 Å². The molecule has 142 valence electrons. The molecule has 5 nitrogen and oxygen atoms in total. The van der Waals surface area contributed by atoms with Crippen LogP contribution in [-0.4, -0.2) is 40.8 Å². The lowest BCUT2D eigenvalue weighted by Gasteiger charge is -2.22. The Balaban J connectivity index is 0.00000312. The standard InChI is InChI=1S/C19H33N5.HI/c1-6-20-19(21-12-11-16-9-7-8-10-16)23(4)13-17-14-24(5)22-18(17)15(2)3;/h9,14-15H,6-8,10-13H2,1-5H3,(H,20,21);1H. The van der Waals surface area contributed by atoms with E-state index in [1.165, 1.54) is 30.5 Å². The second-order valence-electron chi connectivity index (χ2n) is 6.96. The molecule has 0 unspecified atom stereocenters. The Morgan fingerprint density at radius 3 is 2.80 bits per heavy atom. The highest BCUT2D eigenvalue weighted by molar-refractivity contribution is 14.0. The Bertz CT molecular complexity index is 589. The van der Waals surface area contributed by atoms with Crippen LogP contribution in [0.4, 0.5) is 0 Å². The lowest BCUT2D eigenvalue weighted by molar-refractivity contribution is 0.473. The molecule has 0 saturated heterocycles. The lowest BCUT2D eigenvalue weighted by Crippen LogP contribution is -2.38. The number of hydrogen-bond acceptors (Lipinski definition) is 2. The summed E-state index contributed by atoms with van der Waals surface area (Å²) in [6.45, 7) is 9.09. The molecule has 0 saturated carbocycles. The van der Waals surface area contributed by atoms with E-state index in [4.69, 9.17) is 4.99 Å². The maximum Gasteiger partial charge on any atom is 0.193 e. The molecule has 0 aromatic carbocycles. The van der Waals surface area contributed by atoms with Crippen LogP contribution in [0.15, 0.2) is 22.8 Å². The van der Waals surface area contributed by atoms with Crippen molar-refractivity contribution < 1.29 is 0 Å². The largest absolute Gasteiger partial charge is 0.357 e. The highest BCUT2D eigenvalue weighted by atomic mass is 127. The third-order valence-electron chi connectivity index (χ3n) is 4.42. The van der Waals surface area contributed by atoms with Crippen molar-refractivity contribution in [3.8, 4) is 0 Å². The van der Waals surface area contributed by atoms with Crippen LogP contribution >= 0.6 is 24.0 Å². The van der Waals surface area contributed by atoms with Gasteiger partial charge in [-0.2, -0.15) is 5.10 Å². The summed E-state index contributed by atoms with van der Waals surface area (Å²) in [5.41, 5.74) is 4.03. The summed E-state index contributed by atoms with van der Waals surface area (Å²) in [6, 6.07) is 0. The third-order valence-corrected chi connectivity index (χ3v) is 4.42. The molecule has 1 aromatic heterocycles. The van der Waals surface area contributed by atoms with Gasteiger partial charge in [0.1, 0.15) is 0 Å². The number of hydrogen-bond donors (Lipinski definition) is 1. The predicted octanol–water partition coefficient (Wildman–Crippen LogP) is 4.06. The van der Waals surface area contributed by atoms with Crippen LogP contribution in [0.5, 0.6) is 0 Å². The number of nitrogens with zero attached hydrogens (tertiary/aromatic N) is 4. The van der Waals surface area contributed by atoms with Crippen LogP contribution < -0.4 is 5.32 Å². The monoisotopic (exact) mass is 459 g/mol. The van der Waals surface area contributed by atoms with Gasteiger partial charge < -0.3 is 10.2 Å². The van der Waals surface area contributed by atoms with Gasteiger partial charge in [0.05, 0.1) is 5.69 Å². The fourth-order valence-electron chi connectivity index (χ4n) is 3.23. The summed E-state index contributed by atoms with van der Waals surface area (Å²) < 4.78 is 1.91. The SMILES string of the molecule is CCNC(=NCCC1=CCCC1)N(C)Cc1cn(C)nc1C(C)C.I. The fourth-order valence-corrected chi connectivity index (χ4v) is 3.23. The number of rotatable bonds is 7. The van der Waals surface area contributed by atoms with Gasteiger partial charge in [-0.05, 0) is 38.5 Å². The molecule has 1 heterocycles. The Labute approximate surface area is 170 Å². The number of allylic oxidation sites excluding steroid dienone is 1. The van der Waals surface area contributed by atoms with Gasteiger partial charge in [0.15, 0.2) is 5.96 Å². The third kappa shape index (κ3) is 6.64. The average molecular weight is 459 g/mol. The molecule has 2 rings (SSSR count). The van der Waals surface area contributed by atoms with E-state index in [-0.39, 0.29) is 24.0 Å². The fraction of sp³-hybridized carbons (Fsp3) is 0.684. The van der Waals surface area contributed by atoms with Crippen LogP contribution in [-0.2, 0) is 13.6 Å². The smallest absolute Gasteiger partial charge is 0.193 e. The first-order valence-corrected chi connectivity index (χ1v) is 9.21. The summed E-state index contributed by atoms with van der Waals surface area (Å²) >= 11 is 0. The van der Waals surface area contributed by atoms with Crippen LogP contribution in [0.1, 0.15) is 63.6 Å². The van der Waals surface area contributed by atoms with Crippen LogP contribution in [0, 0.1) is 0 Å². The van der Waals surface area contributed by atoms with E-state index < -0.39 is 0 Å². The van der Waals surface area contributed by atoms with Crippen molar-refractivity contribution in [1.82, 2.24) is 20.0 Å². The second kappa shape index (κ2) is 10.8. The Morgan fingerprint density at radius 1 is 1.44 bits per heavy atom. The van der Waals surface area contributed by atoms with Gasteiger partial charge in [0, 0.05) is 45.5 Å². The zero-order chi connectivity index (χ0) is 17.5. The Morgan fingerprint density at radius 2 is 2.20 bits per heavy atom. The van der Waals surface area contributed by atoms with Crippen molar-refractivity contribution in [3.63, 3.8) is 0 Å². The first-order valence-electron chi connectivity index (χ1n) is 9.21.